The predicted octanol–water partition coefficient (Wildman–Crippen LogP) is 3.82. The third-order valence-electron chi connectivity index (χ3n) is 3.06. The molecule has 2 aromatic carbocycles. The topological polar surface area (TPSA) is 37.3 Å². The maximum absolute atomic E-state index is 11.6. The molecular formula is C16H16O2. The summed E-state index contributed by atoms with van der Waals surface area (Å²) >= 11 is 0. The molecule has 0 saturated carbocycles. The monoisotopic (exact) mass is 240 g/mol. The second-order valence-electron chi connectivity index (χ2n) is 4.31. The van der Waals surface area contributed by atoms with Crippen molar-refractivity contribution < 1.29 is 9.90 Å². The molecule has 0 bridgehead atoms. The minimum Gasteiger partial charge on any atom is -0.507 e. The number of rotatable bonds is 3. The molecule has 0 amide bonds. The first-order chi connectivity index (χ1) is 8.63. The molecule has 0 aliphatic heterocycles. The van der Waals surface area contributed by atoms with Crippen molar-refractivity contribution in [3.63, 3.8) is 0 Å². The molecule has 0 atom stereocenters. The number of hydrogen-bond acceptors (Lipinski definition) is 2. The second kappa shape index (κ2) is 5.05. The van der Waals surface area contributed by atoms with Crippen molar-refractivity contribution in [1.82, 2.24) is 0 Å². The van der Waals surface area contributed by atoms with Gasteiger partial charge >= 0.3 is 0 Å². The fourth-order valence-electron chi connectivity index (χ4n) is 2.03. The quantitative estimate of drug-likeness (QED) is 0.828. The lowest BCUT2D eigenvalue weighted by molar-refractivity contribution is 0.101. The first-order valence-electron chi connectivity index (χ1n) is 6.05. The summed E-state index contributed by atoms with van der Waals surface area (Å²) in [5.41, 5.74) is 3.22. The maximum atomic E-state index is 11.6. The van der Waals surface area contributed by atoms with Crippen molar-refractivity contribution in [2.45, 2.75) is 20.3 Å². The number of ketones is 1. The van der Waals surface area contributed by atoms with E-state index >= 15 is 0 Å². The first-order valence-corrected chi connectivity index (χ1v) is 6.05. The molecule has 0 fully saturated rings. The second-order valence-corrected chi connectivity index (χ2v) is 4.31. The fourth-order valence-corrected chi connectivity index (χ4v) is 2.03. The van der Waals surface area contributed by atoms with Gasteiger partial charge in [0.15, 0.2) is 5.78 Å². The SMILES string of the molecule is CCc1cc(-c2ccccc2)cc(C(C)=O)c1O. The van der Waals surface area contributed by atoms with Crippen molar-refractivity contribution >= 4 is 5.78 Å². The van der Waals surface area contributed by atoms with E-state index in [1.54, 1.807) is 6.07 Å². The summed E-state index contributed by atoms with van der Waals surface area (Å²) in [6, 6.07) is 13.6. The van der Waals surface area contributed by atoms with Crippen LogP contribution in [0, 0.1) is 0 Å². The number of phenols is 1. The largest absolute Gasteiger partial charge is 0.507 e. The molecule has 0 aliphatic carbocycles. The summed E-state index contributed by atoms with van der Waals surface area (Å²) in [6.07, 6.45) is 0.701. The van der Waals surface area contributed by atoms with Crippen LogP contribution < -0.4 is 0 Å². The molecule has 0 heterocycles. The maximum Gasteiger partial charge on any atom is 0.163 e. The van der Waals surface area contributed by atoms with Crippen molar-refractivity contribution in [2.75, 3.05) is 0 Å². The van der Waals surface area contributed by atoms with E-state index in [0.29, 0.717) is 12.0 Å². The Morgan fingerprint density at radius 1 is 1.11 bits per heavy atom. The smallest absolute Gasteiger partial charge is 0.163 e. The van der Waals surface area contributed by atoms with E-state index < -0.39 is 0 Å². The molecule has 92 valence electrons. The fraction of sp³-hybridized carbons (Fsp3) is 0.188. The van der Waals surface area contributed by atoms with Gasteiger partial charge in [-0.05, 0) is 42.2 Å². The lowest BCUT2D eigenvalue weighted by atomic mass is 9.96. The molecule has 2 rings (SSSR count). The van der Waals surface area contributed by atoms with E-state index in [2.05, 4.69) is 0 Å². The highest BCUT2D eigenvalue weighted by Gasteiger charge is 2.13. The normalized spacial score (nSPS) is 10.3. The Kier molecular flexibility index (Phi) is 3.47. The van der Waals surface area contributed by atoms with Gasteiger partial charge in [-0.15, -0.1) is 0 Å². The Labute approximate surface area is 107 Å². The van der Waals surface area contributed by atoms with E-state index in [9.17, 15) is 9.90 Å². The van der Waals surface area contributed by atoms with Gasteiger partial charge in [-0.1, -0.05) is 37.3 Å². The molecule has 2 nitrogen and oxygen atoms in total. The standard InChI is InChI=1S/C16H16O2/c1-3-12-9-14(13-7-5-4-6-8-13)10-15(11(2)17)16(12)18/h4-10,18H,3H2,1-2H3. The van der Waals surface area contributed by atoms with Gasteiger partial charge in [0.25, 0.3) is 0 Å². The molecule has 2 aromatic rings. The minimum atomic E-state index is -0.111. The number of benzene rings is 2. The third-order valence-corrected chi connectivity index (χ3v) is 3.06. The molecule has 1 N–H and O–H groups in total. The van der Waals surface area contributed by atoms with E-state index in [1.165, 1.54) is 6.92 Å². The Morgan fingerprint density at radius 3 is 2.33 bits per heavy atom. The van der Waals surface area contributed by atoms with E-state index in [1.807, 2.05) is 43.3 Å². The first kappa shape index (κ1) is 12.4. The van der Waals surface area contributed by atoms with Gasteiger partial charge in [0.1, 0.15) is 5.75 Å². The molecule has 2 heteroatoms. The van der Waals surface area contributed by atoms with Crippen molar-refractivity contribution in [3.8, 4) is 16.9 Å². The Balaban J connectivity index is 2.63. The summed E-state index contributed by atoms with van der Waals surface area (Å²) < 4.78 is 0. The number of carbonyl (C=O) groups excluding carboxylic acids is 1. The highest BCUT2D eigenvalue weighted by molar-refractivity contribution is 5.98. The lowest BCUT2D eigenvalue weighted by Gasteiger charge is -2.10. The molecule has 0 unspecified atom stereocenters. The van der Waals surface area contributed by atoms with Gasteiger partial charge in [0.2, 0.25) is 0 Å². The van der Waals surface area contributed by atoms with Crippen LogP contribution in [0.5, 0.6) is 5.75 Å². The summed E-state index contributed by atoms with van der Waals surface area (Å²) in [5, 5.41) is 10.0. The molecular weight excluding hydrogens is 224 g/mol. The van der Waals surface area contributed by atoms with Crippen LogP contribution in [0.4, 0.5) is 0 Å². The van der Waals surface area contributed by atoms with Crippen molar-refractivity contribution in [3.05, 3.63) is 53.6 Å². The average Bonchev–Trinajstić information content (AvgIpc) is 2.39. The van der Waals surface area contributed by atoms with Crippen molar-refractivity contribution in [2.24, 2.45) is 0 Å². The number of aromatic hydroxyl groups is 1. The highest BCUT2D eigenvalue weighted by atomic mass is 16.3. The van der Waals surface area contributed by atoms with E-state index in [-0.39, 0.29) is 11.5 Å². The number of Topliss-reactive ketones (excluding diaryl/α,β-unsaturated/α-hetero) is 1. The van der Waals surface area contributed by atoms with Crippen LogP contribution in [0.1, 0.15) is 29.8 Å². The highest BCUT2D eigenvalue weighted by Crippen LogP contribution is 2.30. The van der Waals surface area contributed by atoms with Gasteiger partial charge in [-0.2, -0.15) is 0 Å². The lowest BCUT2D eigenvalue weighted by Crippen LogP contribution is -1.97. The van der Waals surface area contributed by atoms with Crippen molar-refractivity contribution in [1.29, 1.82) is 0 Å². The average molecular weight is 240 g/mol. The number of carbonyl (C=O) groups is 1. The summed E-state index contributed by atoms with van der Waals surface area (Å²) in [4.78, 5) is 11.6. The summed E-state index contributed by atoms with van der Waals surface area (Å²) in [6.45, 7) is 3.44. The molecule has 0 saturated heterocycles. The van der Waals surface area contributed by atoms with Crippen LogP contribution in [0.15, 0.2) is 42.5 Å². The zero-order valence-electron chi connectivity index (χ0n) is 10.6. The zero-order valence-corrected chi connectivity index (χ0v) is 10.6. The number of phenolic OH excluding ortho intramolecular Hbond substituents is 1. The van der Waals surface area contributed by atoms with Crippen LogP contribution in [0.3, 0.4) is 0 Å². The molecule has 0 radical (unpaired) electrons. The van der Waals surface area contributed by atoms with Crippen LogP contribution in [-0.4, -0.2) is 10.9 Å². The van der Waals surface area contributed by atoms with Gasteiger partial charge in [0.05, 0.1) is 5.56 Å². The van der Waals surface area contributed by atoms with Gasteiger partial charge in [-0.25, -0.2) is 0 Å². The Hall–Kier alpha value is -2.09. The molecule has 0 spiro atoms. The van der Waals surface area contributed by atoms with Gasteiger partial charge < -0.3 is 5.11 Å². The number of hydrogen-bond donors (Lipinski definition) is 1. The zero-order chi connectivity index (χ0) is 13.1. The Bertz CT molecular complexity index is 571. The van der Waals surface area contributed by atoms with E-state index in [4.69, 9.17) is 0 Å². The summed E-state index contributed by atoms with van der Waals surface area (Å²) in [7, 11) is 0. The van der Waals surface area contributed by atoms with Crippen LogP contribution >= 0.6 is 0 Å². The van der Waals surface area contributed by atoms with Crippen LogP contribution in [0.25, 0.3) is 11.1 Å². The third kappa shape index (κ3) is 2.28. The molecule has 0 aromatic heterocycles. The van der Waals surface area contributed by atoms with Gasteiger partial charge in [-0.3, -0.25) is 4.79 Å². The minimum absolute atomic E-state index is 0.111. The van der Waals surface area contributed by atoms with Gasteiger partial charge in [0, 0.05) is 0 Å². The predicted molar refractivity (Wildman–Crippen MR) is 72.9 cm³/mol. The Morgan fingerprint density at radius 2 is 1.78 bits per heavy atom. The van der Waals surface area contributed by atoms with E-state index in [0.717, 1.165) is 16.7 Å². The molecule has 0 aliphatic rings. The number of aryl methyl sites for hydroxylation is 1. The molecule has 18 heavy (non-hydrogen) atoms. The van der Waals surface area contributed by atoms with Crippen LogP contribution in [-0.2, 0) is 6.42 Å². The van der Waals surface area contributed by atoms with Crippen LogP contribution in [0.2, 0.25) is 0 Å². The summed E-state index contributed by atoms with van der Waals surface area (Å²) in [5.74, 6) is 0.00432.